The molecule has 1 aromatic rings. The maximum Gasteiger partial charge on any atom is 0.314 e. The van der Waals surface area contributed by atoms with Crippen LogP contribution < -0.4 is 5.73 Å². The molecule has 0 bridgehead atoms. The second kappa shape index (κ2) is 7.06. The van der Waals surface area contributed by atoms with E-state index >= 15 is 0 Å². The number of nitrogens with zero attached hydrogens (tertiary/aromatic N) is 3. The van der Waals surface area contributed by atoms with Crippen LogP contribution in [0.2, 0.25) is 0 Å². The summed E-state index contributed by atoms with van der Waals surface area (Å²) < 4.78 is 0. The Balaban J connectivity index is 1.79. The number of hydrogen-bond donors (Lipinski definition) is 1. The Morgan fingerprint density at radius 2 is 2.10 bits per heavy atom. The average Bonchev–Trinajstić information content (AvgIpc) is 2.53. The van der Waals surface area contributed by atoms with Crippen molar-refractivity contribution in [2.24, 2.45) is 11.7 Å². The number of carbonyl (C=O) groups excluding carboxylic acids is 2. The zero-order valence-corrected chi connectivity index (χ0v) is 12.4. The van der Waals surface area contributed by atoms with Gasteiger partial charge in [-0.15, -0.1) is 0 Å². The Kier molecular flexibility index (Phi) is 5.14. The summed E-state index contributed by atoms with van der Waals surface area (Å²) in [6.45, 7) is 1.80. The lowest BCUT2D eigenvalue weighted by Crippen LogP contribution is -2.45. The molecule has 2 heterocycles. The Labute approximate surface area is 124 Å². The molecule has 0 spiro atoms. The highest BCUT2D eigenvalue weighted by Crippen LogP contribution is 2.19. The molecule has 0 atom stereocenters. The molecular weight excluding hydrogens is 268 g/mol. The van der Waals surface area contributed by atoms with Crippen molar-refractivity contribution in [2.75, 3.05) is 26.7 Å². The molecule has 0 saturated carbocycles. The summed E-state index contributed by atoms with van der Waals surface area (Å²) in [4.78, 5) is 31.1. The van der Waals surface area contributed by atoms with E-state index in [1.807, 2.05) is 25.2 Å². The number of rotatable bonds is 4. The number of nitrogens with two attached hydrogens (primary N) is 1. The first kappa shape index (κ1) is 15.3. The second-order valence-corrected chi connectivity index (χ2v) is 5.43. The zero-order chi connectivity index (χ0) is 15.2. The SMILES string of the molecule is CN(CCc1ccccn1)C(=O)C1CCN(C(N)=O)CC1. The predicted molar refractivity (Wildman–Crippen MR) is 79.5 cm³/mol. The molecule has 0 unspecified atom stereocenters. The van der Waals surface area contributed by atoms with E-state index in [1.54, 1.807) is 16.0 Å². The van der Waals surface area contributed by atoms with Crippen molar-refractivity contribution in [3.05, 3.63) is 30.1 Å². The smallest absolute Gasteiger partial charge is 0.314 e. The number of likely N-dealkylation sites (tertiary alicyclic amines) is 1. The number of carbonyl (C=O) groups is 2. The monoisotopic (exact) mass is 290 g/mol. The highest BCUT2D eigenvalue weighted by atomic mass is 16.2. The van der Waals surface area contributed by atoms with Crippen LogP contribution in [0.3, 0.4) is 0 Å². The summed E-state index contributed by atoms with van der Waals surface area (Å²) in [6, 6.07) is 5.39. The molecule has 0 radical (unpaired) electrons. The second-order valence-electron chi connectivity index (χ2n) is 5.43. The van der Waals surface area contributed by atoms with Crippen LogP contribution in [-0.4, -0.2) is 53.4 Å². The van der Waals surface area contributed by atoms with Gasteiger partial charge in [-0.2, -0.15) is 0 Å². The van der Waals surface area contributed by atoms with Gasteiger partial charge in [-0.05, 0) is 25.0 Å². The normalized spacial score (nSPS) is 15.8. The molecule has 1 aliphatic heterocycles. The van der Waals surface area contributed by atoms with Crippen LogP contribution in [0.1, 0.15) is 18.5 Å². The van der Waals surface area contributed by atoms with Gasteiger partial charge in [0.05, 0.1) is 0 Å². The third-order valence-corrected chi connectivity index (χ3v) is 3.96. The van der Waals surface area contributed by atoms with Crippen molar-refractivity contribution >= 4 is 11.9 Å². The Morgan fingerprint density at radius 3 is 2.67 bits per heavy atom. The molecule has 2 rings (SSSR count). The van der Waals surface area contributed by atoms with Gasteiger partial charge in [-0.25, -0.2) is 4.79 Å². The molecule has 1 fully saturated rings. The van der Waals surface area contributed by atoms with Crippen LogP contribution in [-0.2, 0) is 11.2 Å². The van der Waals surface area contributed by atoms with Crippen LogP contribution in [0.25, 0.3) is 0 Å². The number of aromatic nitrogens is 1. The molecule has 1 aliphatic rings. The van der Waals surface area contributed by atoms with Crippen LogP contribution in [0.15, 0.2) is 24.4 Å². The van der Waals surface area contributed by atoms with Gasteiger partial charge in [0.25, 0.3) is 0 Å². The van der Waals surface area contributed by atoms with E-state index in [2.05, 4.69) is 4.98 Å². The largest absolute Gasteiger partial charge is 0.351 e. The minimum atomic E-state index is -0.399. The molecule has 2 N–H and O–H groups in total. The van der Waals surface area contributed by atoms with Crippen LogP contribution >= 0.6 is 0 Å². The summed E-state index contributed by atoms with van der Waals surface area (Å²) in [5, 5.41) is 0. The first-order valence-corrected chi connectivity index (χ1v) is 7.27. The number of likely N-dealkylation sites (N-methyl/N-ethyl adjacent to an activating group) is 1. The lowest BCUT2D eigenvalue weighted by molar-refractivity contribution is -0.135. The van der Waals surface area contributed by atoms with Crippen molar-refractivity contribution in [3.8, 4) is 0 Å². The summed E-state index contributed by atoms with van der Waals surface area (Å²) in [5.41, 5.74) is 6.23. The standard InChI is InChI=1S/C15H22N4O2/c1-18(9-7-13-4-2-3-8-17-13)14(20)12-5-10-19(11-6-12)15(16)21/h2-4,8,12H,5-7,9-11H2,1H3,(H2,16,21). The highest BCUT2D eigenvalue weighted by Gasteiger charge is 2.28. The number of piperidine rings is 1. The lowest BCUT2D eigenvalue weighted by atomic mass is 9.95. The summed E-state index contributed by atoms with van der Waals surface area (Å²) in [7, 11) is 1.83. The van der Waals surface area contributed by atoms with Gasteiger partial charge in [0.1, 0.15) is 0 Å². The fourth-order valence-corrected chi connectivity index (χ4v) is 2.60. The van der Waals surface area contributed by atoms with Gasteiger partial charge in [0.2, 0.25) is 5.91 Å². The summed E-state index contributed by atoms with van der Waals surface area (Å²) in [5.74, 6) is 0.143. The quantitative estimate of drug-likeness (QED) is 0.893. The van der Waals surface area contributed by atoms with E-state index < -0.39 is 6.03 Å². The van der Waals surface area contributed by atoms with E-state index in [-0.39, 0.29) is 11.8 Å². The fourth-order valence-electron chi connectivity index (χ4n) is 2.60. The Hall–Kier alpha value is -2.11. The van der Waals surface area contributed by atoms with Gasteiger partial charge in [-0.1, -0.05) is 6.07 Å². The van der Waals surface area contributed by atoms with Crippen molar-refractivity contribution in [2.45, 2.75) is 19.3 Å². The van der Waals surface area contributed by atoms with Gasteiger partial charge >= 0.3 is 6.03 Å². The van der Waals surface area contributed by atoms with Gasteiger partial charge in [0, 0.05) is 50.9 Å². The van der Waals surface area contributed by atoms with E-state index in [0.29, 0.717) is 32.5 Å². The maximum absolute atomic E-state index is 12.4. The topological polar surface area (TPSA) is 79.5 Å². The summed E-state index contributed by atoms with van der Waals surface area (Å²) in [6.07, 6.45) is 3.89. The Bertz CT molecular complexity index is 484. The number of urea groups is 1. The minimum Gasteiger partial charge on any atom is -0.351 e. The van der Waals surface area contributed by atoms with Gasteiger partial charge < -0.3 is 15.5 Å². The van der Waals surface area contributed by atoms with Gasteiger partial charge in [0.15, 0.2) is 0 Å². The van der Waals surface area contributed by atoms with Crippen LogP contribution in [0.5, 0.6) is 0 Å². The van der Waals surface area contributed by atoms with E-state index in [9.17, 15) is 9.59 Å². The molecule has 6 heteroatoms. The molecule has 114 valence electrons. The predicted octanol–water partition coefficient (Wildman–Crippen LogP) is 0.873. The maximum atomic E-state index is 12.4. The van der Waals surface area contributed by atoms with E-state index in [0.717, 1.165) is 12.1 Å². The third-order valence-electron chi connectivity index (χ3n) is 3.96. The highest BCUT2D eigenvalue weighted by molar-refractivity contribution is 5.79. The zero-order valence-electron chi connectivity index (χ0n) is 12.4. The number of pyridine rings is 1. The van der Waals surface area contributed by atoms with Crippen molar-refractivity contribution in [3.63, 3.8) is 0 Å². The lowest BCUT2D eigenvalue weighted by Gasteiger charge is -2.32. The molecule has 3 amide bonds. The van der Waals surface area contributed by atoms with E-state index in [1.165, 1.54) is 0 Å². The molecule has 1 saturated heterocycles. The molecule has 0 aliphatic carbocycles. The minimum absolute atomic E-state index is 0.00525. The van der Waals surface area contributed by atoms with Crippen molar-refractivity contribution < 1.29 is 9.59 Å². The molecule has 21 heavy (non-hydrogen) atoms. The van der Waals surface area contributed by atoms with Crippen molar-refractivity contribution in [1.82, 2.24) is 14.8 Å². The van der Waals surface area contributed by atoms with Crippen LogP contribution in [0.4, 0.5) is 4.79 Å². The fraction of sp³-hybridized carbons (Fsp3) is 0.533. The van der Waals surface area contributed by atoms with Crippen molar-refractivity contribution in [1.29, 1.82) is 0 Å². The third kappa shape index (κ3) is 4.18. The first-order valence-electron chi connectivity index (χ1n) is 7.27. The number of primary amides is 1. The van der Waals surface area contributed by atoms with Gasteiger partial charge in [-0.3, -0.25) is 9.78 Å². The first-order chi connectivity index (χ1) is 10.1. The van der Waals surface area contributed by atoms with E-state index in [4.69, 9.17) is 5.73 Å². The number of amides is 3. The summed E-state index contributed by atoms with van der Waals surface area (Å²) >= 11 is 0. The Morgan fingerprint density at radius 1 is 1.38 bits per heavy atom. The molecule has 1 aromatic heterocycles. The molecule has 0 aromatic carbocycles. The molecular formula is C15H22N4O2. The number of hydrogen-bond acceptors (Lipinski definition) is 3. The average molecular weight is 290 g/mol. The van der Waals surface area contributed by atoms with Crippen LogP contribution in [0, 0.1) is 5.92 Å². The molecule has 6 nitrogen and oxygen atoms in total.